The van der Waals surface area contributed by atoms with Crippen molar-refractivity contribution in [1.29, 1.82) is 0 Å². The number of hydrogen-bond donors (Lipinski definition) is 1. The minimum Gasteiger partial charge on any atom is -0.486 e. The molecular weight excluding hydrogens is 290 g/mol. The van der Waals surface area contributed by atoms with Crippen LogP contribution in [0.25, 0.3) is 0 Å². The van der Waals surface area contributed by atoms with Crippen molar-refractivity contribution in [2.75, 3.05) is 18.5 Å². The number of nitrogens with zero attached hydrogens (tertiary/aromatic N) is 2. The highest BCUT2D eigenvalue weighted by Crippen LogP contribution is 2.38. The smallest absolute Gasteiger partial charge is 0.163 e. The topological polar surface area (TPSA) is 48.3 Å². The summed E-state index contributed by atoms with van der Waals surface area (Å²) in [5.41, 5.74) is 0.826. The van der Waals surface area contributed by atoms with Crippen molar-refractivity contribution in [1.82, 2.24) is 9.55 Å². The van der Waals surface area contributed by atoms with E-state index in [2.05, 4.69) is 21.8 Å². The Kier molecular flexibility index (Phi) is 4.20. The zero-order chi connectivity index (χ0) is 14.7. The second-order valence-electron chi connectivity index (χ2n) is 4.87. The van der Waals surface area contributed by atoms with E-state index < -0.39 is 0 Å². The minimum atomic E-state index is 0.560. The second-order valence-corrected chi connectivity index (χ2v) is 5.27. The average molecular weight is 308 g/mol. The number of fused-ring (bicyclic) bond motifs is 1. The van der Waals surface area contributed by atoms with Gasteiger partial charge in [0.05, 0.1) is 17.3 Å². The molecule has 0 spiro atoms. The molecule has 0 fully saturated rings. The van der Waals surface area contributed by atoms with Crippen LogP contribution in [0.15, 0.2) is 24.5 Å². The summed E-state index contributed by atoms with van der Waals surface area (Å²) in [6.45, 7) is 4.85. The zero-order valence-corrected chi connectivity index (χ0v) is 12.7. The van der Waals surface area contributed by atoms with E-state index >= 15 is 0 Å². The first kappa shape index (κ1) is 14.1. The van der Waals surface area contributed by atoms with Crippen molar-refractivity contribution in [3.8, 4) is 11.5 Å². The number of hydrogen-bond acceptors (Lipinski definition) is 4. The molecule has 1 aromatic carbocycles. The molecule has 0 unspecified atom stereocenters. The van der Waals surface area contributed by atoms with Gasteiger partial charge in [-0.3, -0.25) is 0 Å². The number of halogens is 1. The largest absolute Gasteiger partial charge is 0.486 e. The first-order valence-corrected chi connectivity index (χ1v) is 7.48. The quantitative estimate of drug-likeness (QED) is 0.920. The molecular formula is C15H18ClN3O2. The normalized spacial score (nSPS) is 13.2. The molecule has 1 N–H and O–H groups in total. The third-order valence-electron chi connectivity index (χ3n) is 3.34. The molecule has 0 amide bonds. The predicted molar refractivity (Wildman–Crippen MR) is 82.3 cm³/mol. The van der Waals surface area contributed by atoms with Crippen LogP contribution in [-0.4, -0.2) is 22.8 Å². The van der Waals surface area contributed by atoms with E-state index in [1.807, 2.05) is 18.5 Å². The molecule has 0 bridgehead atoms. The van der Waals surface area contributed by atoms with Crippen molar-refractivity contribution in [3.63, 3.8) is 0 Å². The fraction of sp³-hybridized carbons (Fsp3) is 0.400. The van der Waals surface area contributed by atoms with E-state index in [0.717, 1.165) is 30.2 Å². The Morgan fingerprint density at radius 1 is 1.29 bits per heavy atom. The Morgan fingerprint density at radius 2 is 2.05 bits per heavy atom. The van der Waals surface area contributed by atoms with Crippen molar-refractivity contribution in [3.05, 3.63) is 35.4 Å². The molecule has 0 saturated carbocycles. The van der Waals surface area contributed by atoms with Crippen molar-refractivity contribution >= 4 is 17.3 Å². The number of imidazole rings is 1. The number of rotatable bonds is 5. The maximum atomic E-state index is 6.28. The van der Waals surface area contributed by atoms with E-state index in [4.69, 9.17) is 21.1 Å². The summed E-state index contributed by atoms with van der Waals surface area (Å²) in [5, 5.41) is 3.93. The molecule has 112 valence electrons. The Morgan fingerprint density at radius 3 is 2.81 bits per heavy atom. The molecule has 1 aliphatic heterocycles. The number of ether oxygens (including phenoxy) is 2. The Balaban J connectivity index is 1.74. The summed E-state index contributed by atoms with van der Waals surface area (Å²) in [4.78, 5) is 4.37. The van der Waals surface area contributed by atoms with Gasteiger partial charge in [0.1, 0.15) is 19.0 Å². The van der Waals surface area contributed by atoms with Crippen LogP contribution in [0.3, 0.4) is 0 Å². The Labute approximate surface area is 128 Å². The van der Waals surface area contributed by atoms with Crippen LogP contribution in [0.4, 0.5) is 5.69 Å². The highest BCUT2D eigenvalue weighted by molar-refractivity contribution is 6.33. The van der Waals surface area contributed by atoms with Gasteiger partial charge in [-0.2, -0.15) is 0 Å². The number of aromatic nitrogens is 2. The van der Waals surface area contributed by atoms with Crippen molar-refractivity contribution < 1.29 is 9.47 Å². The van der Waals surface area contributed by atoms with Gasteiger partial charge in [-0.05, 0) is 6.42 Å². The van der Waals surface area contributed by atoms with E-state index in [-0.39, 0.29) is 0 Å². The van der Waals surface area contributed by atoms with Gasteiger partial charge in [0, 0.05) is 31.1 Å². The highest BCUT2D eigenvalue weighted by Gasteiger charge is 2.15. The number of nitrogens with one attached hydrogen (secondary N) is 1. The highest BCUT2D eigenvalue weighted by atomic mass is 35.5. The van der Waals surface area contributed by atoms with Crippen LogP contribution >= 0.6 is 11.6 Å². The molecule has 5 nitrogen and oxygen atoms in total. The zero-order valence-electron chi connectivity index (χ0n) is 11.9. The van der Waals surface area contributed by atoms with E-state index in [0.29, 0.717) is 30.5 Å². The van der Waals surface area contributed by atoms with Crippen LogP contribution in [0.1, 0.15) is 19.2 Å². The molecule has 21 heavy (non-hydrogen) atoms. The SMILES string of the molecule is CCCn1ccnc1CNc1cc2c(cc1Cl)OCCO2. The minimum absolute atomic E-state index is 0.560. The van der Waals surface area contributed by atoms with Gasteiger partial charge in [0.25, 0.3) is 0 Å². The number of benzene rings is 1. The van der Waals surface area contributed by atoms with Gasteiger partial charge in [-0.25, -0.2) is 4.98 Å². The van der Waals surface area contributed by atoms with E-state index in [9.17, 15) is 0 Å². The fourth-order valence-electron chi connectivity index (χ4n) is 2.33. The van der Waals surface area contributed by atoms with Crippen LogP contribution in [0.2, 0.25) is 5.02 Å². The lowest BCUT2D eigenvalue weighted by Crippen LogP contribution is -2.16. The Hall–Kier alpha value is -1.88. The van der Waals surface area contributed by atoms with Crippen molar-refractivity contribution in [2.24, 2.45) is 0 Å². The number of aryl methyl sites for hydroxylation is 1. The summed E-state index contributed by atoms with van der Waals surface area (Å²) >= 11 is 6.28. The summed E-state index contributed by atoms with van der Waals surface area (Å²) in [6.07, 6.45) is 4.89. The molecule has 1 aromatic heterocycles. The molecule has 6 heteroatoms. The number of anilines is 1. The maximum absolute atomic E-state index is 6.28. The lowest BCUT2D eigenvalue weighted by atomic mass is 10.2. The molecule has 3 rings (SSSR count). The lowest BCUT2D eigenvalue weighted by Gasteiger charge is -2.20. The first-order chi connectivity index (χ1) is 10.3. The van der Waals surface area contributed by atoms with Gasteiger partial charge in [-0.15, -0.1) is 0 Å². The van der Waals surface area contributed by atoms with E-state index in [1.54, 1.807) is 6.07 Å². The first-order valence-electron chi connectivity index (χ1n) is 7.11. The van der Waals surface area contributed by atoms with Crippen molar-refractivity contribution in [2.45, 2.75) is 26.4 Å². The second kappa shape index (κ2) is 6.26. The molecule has 0 aliphatic carbocycles. The van der Waals surface area contributed by atoms with Crippen LogP contribution in [0.5, 0.6) is 11.5 Å². The van der Waals surface area contributed by atoms with Crippen LogP contribution < -0.4 is 14.8 Å². The third kappa shape index (κ3) is 3.08. The van der Waals surface area contributed by atoms with Crippen LogP contribution in [0, 0.1) is 0 Å². The lowest BCUT2D eigenvalue weighted by molar-refractivity contribution is 0.171. The third-order valence-corrected chi connectivity index (χ3v) is 3.65. The molecule has 1 aliphatic rings. The summed E-state index contributed by atoms with van der Waals surface area (Å²) < 4.78 is 13.2. The van der Waals surface area contributed by atoms with E-state index in [1.165, 1.54) is 0 Å². The average Bonchev–Trinajstić information content (AvgIpc) is 2.93. The predicted octanol–water partition coefficient (Wildman–Crippen LogP) is 3.33. The molecule has 2 heterocycles. The summed E-state index contributed by atoms with van der Waals surface area (Å²) in [5.74, 6) is 2.41. The van der Waals surface area contributed by atoms with Gasteiger partial charge in [-0.1, -0.05) is 18.5 Å². The molecule has 0 saturated heterocycles. The standard InChI is InChI=1S/C15H18ClN3O2/c1-2-4-19-5-3-17-15(19)10-18-12-9-14-13(8-11(12)16)20-6-7-21-14/h3,5,8-9,18H,2,4,6-7,10H2,1H3. The van der Waals surface area contributed by atoms with Crippen LogP contribution in [-0.2, 0) is 13.1 Å². The molecule has 2 aromatic rings. The Bertz CT molecular complexity index is 627. The monoisotopic (exact) mass is 307 g/mol. The van der Waals surface area contributed by atoms with Gasteiger partial charge < -0.3 is 19.4 Å². The van der Waals surface area contributed by atoms with Gasteiger partial charge in [0.15, 0.2) is 11.5 Å². The fourth-order valence-corrected chi connectivity index (χ4v) is 2.55. The van der Waals surface area contributed by atoms with Gasteiger partial charge in [0.2, 0.25) is 0 Å². The summed E-state index contributed by atoms with van der Waals surface area (Å²) in [6, 6.07) is 3.67. The van der Waals surface area contributed by atoms with Gasteiger partial charge >= 0.3 is 0 Å². The molecule has 0 atom stereocenters. The maximum Gasteiger partial charge on any atom is 0.163 e. The summed E-state index contributed by atoms with van der Waals surface area (Å²) in [7, 11) is 0. The molecule has 0 radical (unpaired) electrons.